The Morgan fingerprint density at radius 2 is 1.73 bits per heavy atom. The number of pyridine rings is 1. The summed E-state index contributed by atoms with van der Waals surface area (Å²) in [6, 6.07) is 20.8. The van der Waals surface area contributed by atoms with Crippen LogP contribution in [0.4, 0.5) is 15.8 Å². The van der Waals surface area contributed by atoms with Gasteiger partial charge in [0.25, 0.3) is 15.9 Å². The molecule has 0 spiro atoms. The van der Waals surface area contributed by atoms with Crippen molar-refractivity contribution in [3.8, 4) is 5.75 Å². The van der Waals surface area contributed by atoms with Gasteiger partial charge in [0.1, 0.15) is 0 Å². The Bertz CT molecular complexity index is 1480. The summed E-state index contributed by atoms with van der Waals surface area (Å²) in [5, 5.41) is 5.90. The van der Waals surface area contributed by atoms with E-state index < -0.39 is 21.7 Å². The van der Waals surface area contributed by atoms with Crippen LogP contribution in [0.2, 0.25) is 0 Å². The van der Waals surface area contributed by atoms with Crippen molar-refractivity contribution >= 4 is 27.3 Å². The van der Waals surface area contributed by atoms with Gasteiger partial charge in [-0.2, -0.15) is 0 Å². The predicted molar refractivity (Wildman–Crippen MR) is 139 cm³/mol. The number of hydrogen-bond donors (Lipinski definition) is 3. The molecule has 0 radical (unpaired) electrons. The fourth-order valence-corrected chi connectivity index (χ4v) is 4.64. The summed E-state index contributed by atoms with van der Waals surface area (Å²) < 4.78 is 47.6. The number of ether oxygens (including phenoxy) is 1. The first-order valence-electron chi connectivity index (χ1n) is 11.3. The third-order valence-electron chi connectivity index (χ3n) is 5.39. The van der Waals surface area contributed by atoms with Crippen LogP contribution in [0.3, 0.4) is 0 Å². The van der Waals surface area contributed by atoms with Crippen LogP contribution in [0, 0.1) is 5.82 Å². The zero-order valence-corrected chi connectivity index (χ0v) is 20.8. The second kappa shape index (κ2) is 11.5. The molecule has 10 heteroatoms. The normalized spacial score (nSPS) is 11.0. The first kappa shape index (κ1) is 25.6. The van der Waals surface area contributed by atoms with E-state index >= 15 is 0 Å². The molecule has 0 aliphatic carbocycles. The Kier molecular flexibility index (Phi) is 7.99. The monoisotopic (exact) mass is 520 g/mol. The SMILES string of the molecule is COc1cc(CNc2cc(C(=O)NCc3cccnc3)cc(S(=O)(=O)Nc3ccccc3)c2)ccc1F. The number of methoxy groups -OCH3 is 1. The molecule has 0 atom stereocenters. The first-order chi connectivity index (χ1) is 17.8. The molecule has 0 saturated heterocycles. The van der Waals surface area contributed by atoms with E-state index in [1.54, 1.807) is 67.0 Å². The summed E-state index contributed by atoms with van der Waals surface area (Å²) in [6.07, 6.45) is 3.27. The van der Waals surface area contributed by atoms with Crippen molar-refractivity contribution in [2.75, 3.05) is 17.1 Å². The van der Waals surface area contributed by atoms with E-state index in [1.807, 2.05) is 6.07 Å². The second-order valence-electron chi connectivity index (χ2n) is 8.08. The zero-order valence-electron chi connectivity index (χ0n) is 19.9. The van der Waals surface area contributed by atoms with Gasteiger partial charge in [-0.15, -0.1) is 0 Å². The molecule has 0 fully saturated rings. The Labute approximate surface area is 214 Å². The van der Waals surface area contributed by atoms with E-state index in [0.717, 1.165) is 5.56 Å². The molecule has 0 aliphatic heterocycles. The minimum Gasteiger partial charge on any atom is -0.494 e. The van der Waals surface area contributed by atoms with Crippen molar-refractivity contribution in [3.05, 3.63) is 114 Å². The maximum atomic E-state index is 13.8. The van der Waals surface area contributed by atoms with Crippen LogP contribution in [0.5, 0.6) is 5.75 Å². The van der Waals surface area contributed by atoms with E-state index in [-0.39, 0.29) is 29.3 Å². The predicted octanol–water partition coefficient (Wildman–Crippen LogP) is 4.57. The Morgan fingerprint density at radius 1 is 0.919 bits per heavy atom. The van der Waals surface area contributed by atoms with Crippen molar-refractivity contribution < 1.29 is 22.3 Å². The molecule has 3 N–H and O–H groups in total. The summed E-state index contributed by atoms with van der Waals surface area (Å²) >= 11 is 0. The molecule has 1 heterocycles. The van der Waals surface area contributed by atoms with Crippen molar-refractivity contribution in [2.24, 2.45) is 0 Å². The summed E-state index contributed by atoms with van der Waals surface area (Å²) in [6.45, 7) is 0.465. The van der Waals surface area contributed by atoms with Crippen LogP contribution in [0.25, 0.3) is 0 Å². The largest absolute Gasteiger partial charge is 0.494 e. The van der Waals surface area contributed by atoms with Crippen molar-refractivity contribution in [3.63, 3.8) is 0 Å². The number of nitrogens with zero attached hydrogens (tertiary/aromatic N) is 1. The standard InChI is InChI=1S/C27H25FN4O4S/c1-36-26-12-19(9-10-25(26)28)17-30-23-13-21(27(33)31-18-20-6-5-11-29-16-20)14-24(15-23)37(34,35)32-22-7-3-2-4-8-22/h2-16,30,32H,17-18H2,1H3,(H,31,33). The lowest BCUT2D eigenvalue weighted by atomic mass is 10.1. The van der Waals surface area contributed by atoms with Gasteiger partial charge < -0.3 is 15.4 Å². The van der Waals surface area contributed by atoms with Crippen LogP contribution < -0.4 is 20.1 Å². The van der Waals surface area contributed by atoms with Gasteiger partial charge in [-0.3, -0.25) is 14.5 Å². The first-order valence-corrected chi connectivity index (χ1v) is 12.8. The lowest BCUT2D eigenvalue weighted by molar-refractivity contribution is 0.0950. The number of amides is 1. The maximum Gasteiger partial charge on any atom is 0.261 e. The highest BCUT2D eigenvalue weighted by Gasteiger charge is 2.19. The average Bonchev–Trinajstić information content (AvgIpc) is 2.92. The number of rotatable bonds is 10. The second-order valence-corrected chi connectivity index (χ2v) is 9.77. The van der Waals surface area contributed by atoms with Crippen LogP contribution in [0.1, 0.15) is 21.5 Å². The number of nitrogens with one attached hydrogen (secondary N) is 3. The zero-order chi connectivity index (χ0) is 26.3. The highest BCUT2D eigenvalue weighted by Crippen LogP contribution is 2.24. The Balaban J connectivity index is 1.61. The van der Waals surface area contributed by atoms with Gasteiger partial charge in [0.2, 0.25) is 0 Å². The van der Waals surface area contributed by atoms with Crippen molar-refractivity contribution in [1.29, 1.82) is 0 Å². The molecule has 4 rings (SSSR count). The van der Waals surface area contributed by atoms with E-state index in [9.17, 15) is 17.6 Å². The number of aromatic nitrogens is 1. The molecule has 0 aliphatic rings. The third-order valence-corrected chi connectivity index (χ3v) is 6.75. The van der Waals surface area contributed by atoms with E-state index in [4.69, 9.17) is 4.74 Å². The topological polar surface area (TPSA) is 109 Å². The number of anilines is 2. The quantitative estimate of drug-likeness (QED) is 0.283. The third kappa shape index (κ3) is 6.83. The van der Waals surface area contributed by atoms with Gasteiger partial charge in [0, 0.05) is 42.4 Å². The van der Waals surface area contributed by atoms with Crippen LogP contribution in [0.15, 0.2) is 96.2 Å². The number of sulfonamides is 1. The van der Waals surface area contributed by atoms with E-state index in [2.05, 4.69) is 20.3 Å². The van der Waals surface area contributed by atoms with Crippen LogP contribution >= 0.6 is 0 Å². The van der Waals surface area contributed by atoms with Gasteiger partial charge in [-0.05, 0) is 59.7 Å². The molecule has 0 unspecified atom stereocenters. The fourth-order valence-electron chi connectivity index (χ4n) is 3.51. The van der Waals surface area contributed by atoms with Crippen molar-refractivity contribution in [1.82, 2.24) is 10.3 Å². The number of hydrogen-bond acceptors (Lipinski definition) is 6. The molecular weight excluding hydrogens is 495 g/mol. The maximum absolute atomic E-state index is 13.8. The lowest BCUT2D eigenvalue weighted by Crippen LogP contribution is -2.23. The highest BCUT2D eigenvalue weighted by atomic mass is 32.2. The van der Waals surface area contributed by atoms with Crippen molar-refractivity contribution in [2.45, 2.75) is 18.0 Å². The molecule has 0 bridgehead atoms. The minimum atomic E-state index is -4.01. The number of para-hydroxylation sites is 1. The van der Waals surface area contributed by atoms with E-state index in [0.29, 0.717) is 16.9 Å². The summed E-state index contributed by atoms with van der Waals surface area (Å²) in [7, 11) is -2.63. The molecule has 1 aromatic heterocycles. The molecule has 190 valence electrons. The Hall–Kier alpha value is -4.44. The summed E-state index contributed by atoms with van der Waals surface area (Å²) in [4.78, 5) is 16.9. The lowest BCUT2D eigenvalue weighted by Gasteiger charge is -2.14. The number of halogens is 1. The van der Waals surface area contributed by atoms with Gasteiger partial charge in [0.15, 0.2) is 11.6 Å². The van der Waals surface area contributed by atoms with Gasteiger partial charge in [-0.25, -0.2) is 12.8 Å². The van der Waals surface area contributed by atoms with Crippen LogP contribution in [-0.4, -0.2) is 26.4 Å². The Morgan fingerprint density at radius 3 is 2.46 bits per heavy atom. The summed E-state index contributed by atoms with van der Waals surface area (Å²) in [5.41, 5.74) is 2.44. The molecular formula is C27H25FN4O4S. The minimum absolute atomic E-state index is 0.0930. The molecule has 1 amide bonds. The smallest absolute Gasteiger partial charge is 0.261 e. The fraction of sp³-hybridized carbons (Fsp3) is 0.111. The van der Waals surface area contributed by atoms with Gasteiger partial charge in [-0.1, -0.05) is 30.3 Å². The van der Waals surface area contributed by atoms with Crippen LogP contribution in [-0.2, 0) is 23.1 Å². The number of carbonyl (C=O) groups excluding carboxylic acids is 1. The number of benzene rings is 3. The highest BCUT2D eigenvalue weighted by molar-refractivity contribution is 7.92. The molecule has 3 aromatic carbocycles. The average molecular weight is 521 g/mol. The molecule has 37 heavy (non-hydrogen) atoms. The summed E-state index contributed by atoms with van der Waals surface area (Å²) in [5.74, 6) is -0.843. The van der Waals surface area contributed by atoms with Gasteiger partial charge >= 0.3 is 0 Å². The van der Waals surface area contributed by atoms with Gasteiger partial charge in [0.05, 0.1) is 12.0 Å². The molecule has 0 saturated carbocycles. The van der Waals surface area contributed by atoms with E-state index in [1.165, 1.54) is 25.3 Å². The molecule has 4 aromatic rings. The molecule has 8 nitrogen and oxygen atoms in total. The number of carbonyl (C=O) groups is 1.